The molecule has 0 bridgehead atoms. The van der Waals surface area contributed by atoms with Crippen LogP contribution in [0.5, 0.6) is 5.75 Å². The summed E-state index contributed by atoms with van der Waals surface area (Å²) in [7, 11) is 10.7. The molecule has 5 rings (SSSR count). The summed E-state index contributed by atoms with van der Waals surface area (Å²) >= 11 is 0. The molecule has 6 N–H and O–H groups in total. The summed E-state index contributed by atoms with van der Waals surface area (Å²) in [5, 5.41) is 47.3. The summed E-state index contributed by atoms with van der Waals surface area (Å²) in [4.78, 5) is 45.0. The first-order valence-corrected chi connectivity index (χ1v) is 13.4. The lowest BCUT2D eigenvalue weighted by Gasteiger charge is -2.50. The predicted octanol–water partition coefficient (Wildman–Crippen LogP) is 1.24. The topological polar surface area (TPSA) is 168 Å². The molecule has 11 heteroatoms. The van der Waals surface area contributed by atoms with Gasteiger partial charge in [-0.05, 0) is 64.1 Å². The van der Waals surface area contributed by atoms with Gasteiger partial charge in [0.2, 0.25) is 5.78 Å². The molecule has 1 amide bonds. The molecule has 0 aromatic heterocycles. The van der Waals surface area contributed by atoms with Gasteiger partial charge in [0.1, 0.15) is 22.8 Å². The summed E-state index contributed by atoms with van der Waals surface area (Å²) < 4.78 is 0. The third kappa shape index (κ3) is 3.94. The van der Waals surface area contributed by atoms with Gasteiger partial charge in [-0.1, -0.05) is 12.1 Å². The van der Waals surface area contributed by atoms with Crippen LogP contribution in [-0.2, 0) is 27.3 Å². The summed E-state index contributed by atoms with van der Waals surface area (Å²) in [6, 6.07) is 4.63. The molecule has 218 valence electrons. The molecule has 0 radical (unpaired) electrons. The number of phenols is 1. The van der Waals surface area contributed by atoms with Crippen molar-refractivity contribution in [3.63, 3.8) is 0 Å². The van der Waals surface area contributed by atoms with Crippen LogP contribution in [0.4, 0.5) is 5.69 Å². The number of primary amides is 1. The number of aliphatic hydroxyl groups excluding tert-OH is 2. The number of nitrogens with two attached hydrogens (primary N) is 1. The van der Waals surface area contributed by atoms with E-state index in [-0.39, 0.29) is 29.7 Å². The monoisotopic (exact) mass is 564 g/mol. The van der Waals surface area contributed by atoms with Crippen LogP contribution in [0.1, 0.15) is 23.1 Å². The first-order chi connectivity index (χ1) is 19.1. The fourth-order valence-corrected chi connectivity index (χ4v) is 7.11. The van der Waals surface area contributed by atoms with Crippen molar-refractivity contribution in [2.75, 3.05) is 47.2 Å². The van der Waals surface area contributed by atoms with Crippen LogP contribution in [0.25, 0.3) is 16.5 Å². The molecular weight excluding hydrogens is 528 g/mol. The zero-order valence-electron chi connectivity index (χ0n) is 24.0. The number of nitrogens with zero attached hydrogens (tertiary/aromatic N) is 3. The number of anilines is 1. The highest BCUT2D eigenvalue weighted by Gasteiger charge is 2.64. The van der Waals surface area contributed by atoms with E-state index in [4.69, 9.17) is 5.73 Å². The number of aromatic hydroxyl groups is 1. The standard InChI is InChI=1S/C30H36N4O7/c1-32(2)12-13-7-8-15-16(9-13)24(35)20-17(22(15)33(3)4)10-14-11-18-23(34(5)6)26(37)21(29(31)40)28(39)30(18,41)27(38)19(14)25(20)36/h7-9,14,18,23,35-36,39,41H,10-12H2,1-6H3,(H2,31,40)/t14-,18-,23-,30-/m0/s1. The average Bonchev–Trinajstić information content (AvgIpc) is 2.85. The Balaban J connectivity index is 1.79. The molecule has 4 atom stereocenters. The Morgan fingerprint density at radius 3 is 2.27 bits per heavy atom. The molecule has 1 saturated carbocycles. The van der Waals surface area contributed by atoms with Gasteiger partial charge in [0.05, 0.1) is 11.6 Å². The van der Waals surface area contributed by atoms with Crippen LogP contribution in [0, 0.1) is 11.8 Å². The van der Waals surface area contributed by atoms with Crippen molar-refractivity contribution in [3.8, 4) is 5.75 Å². The molecule has 0 saturated heterocycles. The highest BCUT2D eigenvalue weighted by molar-refractivity contribution is 6.24. The first-order valence-electron chi connectivity index (χ1n) is 13.4. The Morgan fingerprint density at radius 2 is 1.71 bits per heavy atom. The van der Waals surface area contributed by atoms with E-state index >= 15 is 0 Å². The number of fused-ring (bicyclic) bond motifs is 4. The van der Waals surface area contributed by atoms with Crippen molar-refractivity contribution in [3.05, 3.63) is 51.8 Å². The molecule has 2 aromatic rings. The second-order valence-corrected chi connectivity index (χ2v) is 12.0. The van der Waals surface area contributed by atoms with E-state index in [1.807, 2.05) is 56.2 Å². The molecular formula is C30H36N4O7. The molecule has 3 aliphatic carbocycles. The van der Waals surface area contributed by atoms with Crippen molar-refractivity contribution >= 4 is 39.7 Å². The van der Waals surface area contributed by atoms with Gasteiger partial charge in [-0.25, -0.2) is 0 Å². The van der Waals surface area contributed by atoms with Crippen molar-refractivity contribution < 1.29 is 34.8 Å². The fraction of sp³-hybridized carbons (Fsp3) is 0.433. The summed E-state index contributed by atoms with van der Waals surface area (Å²) in [6.07, 6.45) is 0.268. The summed E-state index contributed by atoms with van der Waals surface area (Å²) in [5.41, 5.74) is 4.15. The lowest BCUT2D eigenvalue weighted by molar-refractivity contribution is -0.153. The average molecular weight is 565 g/mol. The second kappa shape index (κ2) is 9.57. The first kappa shape index (κ1) is 28.6. The molecule has 3 aliphatic rings. The number of amides is 1. The predicted molar refractivity (Wildman–Crippen MR) is 153 cm³/mol. The number of likely N-dealkylation sites (N-methyl/N-ethyl adjacent to an activating group) is 1. The number of phenolic OH excluding ortho intramolecular Hbond substituents is 1. The van der Waals surface area contributed by atoms with Gasteiger partial charge in [0.25, 0.3) is 5.91 Å². The molecule has 0 aliphatic heterocycles. The lowest BCUT2D eigenvalue weighted by Crippen LogP contribution is -2.65. The van der Waals surface area contributed by atoms with E-state index in [2.05, 4.69) is 0 Å². The largest absolute Gasteiger partial charge is 0.508 e. The molecule has 2 aromatic carbocycles. The van der Waals surface area contributed by atoms with Crippen molar-refractivity contribution in [1.82, 2.24) is 9.80 Å². The molecule has 0 spiro atoms. The Bertz CT molecular complexity index is 1590. The highest BCUT2D eigenvalue weighted by Crippen LogP contribution is 2.55. The number of carbonyl (C=O) groups excluding carboxylic acids is 3. The minimum Gasteiger partial charge on any atom is -0.508 e. The maximum atomic E-state index is 14.1. The minimum atomic E-state index is -2.67. The van der Waals surface area contributed by atoms with E-state index in [9.17, 15) is 34.8 Å². The zero-order valence-corrected chi connectivity index (χ0v) is 24.0. The Kier molecular flexibility index (Phi) is 6.68. The van der Waals surface area contributed by atoms with Gasteiger partial charge in [0, 0.05) is 48.6 Å². The van der Waals surface area contributed by atoms with Crippen molar-refractivity contribution in [1.29, 1.82) is 0 Å². The second-order valence-electron chi connectivity index (χ2n) is 12.0. The van der Waals surface area contributed by atoms with Gasteiger partial charge in [-0.15, -0.1) is 0 Å². The number of Topliss-reactive ketones (excluding diaryl/α,β-unsaturated/α-hetero) is 2. The number of rotatable bonds is 5. The maximum absolute atomic E-state index is 14.1. The Labute approximate surface area is 237 Å². The minimum absolute atomic E-state index is 0.0409. The van der Waals surface area contributed by atoms with Crippen molar-refractivity contribution in [2.24, 2.45) is 17.6 Å². The molecule has 11 nitrogen and oxygen atoms in total. The van der Waals surface area contributed by atoms with Crippen molar-refractivity contribution in [2.45, 2.75) is 31.0 Å². The van der Waals surface area contributed by atoms with E-state index in [1.165, 1.54) is 4.90 Å². The number of carbonyl (C=O) groups is 3. The van der Waals surface area contributed by atoms with Gasteiger partial charge in [-0.3, -0.25) is 19.3 Å². The zero-order chi connectivity index (χ0) is 30.3. The number of ketones is 2. The quantitative estimate of drug-likeness (QED) is 0.333. The van der Waals surface area contributed by atoms with Crippen LogP contribution in [0.15, 0.2) is 35.1 Å². The van der Waals surface area contributed by atoms with Gasteiger partial charge in [0.15, 0.2) is 11.4 Å². The number of benzene rings is 2. The summed E-state index contributed by atoms with van der Waals surface area (Å²) in [5.74, 6) is -6.61. The molecule has 0 unspecified atom stereocenters. The van der Waals surface area contributed by atoms with Crippen LogP contribution < -0.4 is 10.6 Å². The lowest BCUT2D eigenvalue weighted by atomic mass is 9.57. The van der Waals surface area contributed by atoms with Gasteiger partial charge < -0.3 is 36.0 Å². The molecule has 1 fully saturated rings. The Morgan fingerprint density at radius 1 is 1.05 bits per heavy atom. The van der Waals surface area contributed by atoms with E-state index < -0.39 is 58.0 Å². The van der Waals surface area contributed by atoms with E-state index in [0.29, 0.717) is 17.5 Å². The number of aliphatic hydroxyl groups is 3. The fourth-order valence-electron chi connectivity index (χ4n) is 7.11. The SMILES string of the molecule is CN(C)Cc1ccc2c(N(C)C)c3c(c(O)c2c1)C(O)=C1C(=O)[C@]2(O)C(O)=C(C(N)=O)C(=O)[C@@H](N(C)C)[C@@H]2C[C@@H]1C3. The van der Waals surface area contributed by atoms with E-state index in [0.717, 1.165) is 16.6 Å². The van der Waals surface area contributed by atoms with Crippen LogP contribution in [0.3, 0.4) is 0 Å². The number of hydrogen-bond donors (Lipinski definition) is 5. The Hall–Kier alpha value is -3.93. The van der Waals surface area contributed by atoms with E-state index in [1.54, 1.807) is 14.1 Å². The molecule has 0 heterocycles. The van der Waals surface area contributed by atoms with Crippen LogP contribution in [-0.4, -0.2) is 102 Å². The normalized spacial score (nSPS) is 26.0. The van der Waals surface area contributed by atoms with Gasteiger partial charge in [-0.2, -0.15) is 0 Å². The molecule has 41 heavy (non-hydrogen) atoms. The van der Waals surface area contributed by atoms with Crippen LogP contribution in [0.2, 0.25) is 0 Å². The third-order valence-corrected chi connectivity index (χ3v) is 8.68. The summed E-state index contributed by atoms with van der Waals surface area (Å²) in [6.45, 7) is 0.616. The number of hydrogen-bond acceptors (Lipinski definition) is 10. The highest BCUT2D eigenvalue weighted by atomic mass is 16.3. The van der Waals surface area contributed by atoms with Gasteiger partial charge >= 0.3 is 0 Å². The smallest absolute Gasteiger partial charge is 0.255 e. The third-order valence-electron chi connectivity index (χ3n) is 8.68. The van der Waals surface area contributed by atoms with Crippen LogP contribution >= 0.6 is 0 Å². The maximum Gasteiger partial charge on any atom is 0.255 e.